The Morgan fingerprint density at radius 3 is 2.59 bits per heavy atom. The normalized spacial score (nSPS) is 32.3. The lowest BCUT2D eigenvalue weighted by Crippen LogP contribution is -3.14. The minimum atomic E-state index is -0.692. The molecule has 1 saturated carbocycles. The minimum absolute atomic E-state index is 0.0215. The first-order valence-corrected chi connectivity index (χ1v) is 10.8. The summed E-state index contributed by atoms with van der Waals surface area (Å²) in [5, 5.41) is 6.00. The van der Waals surface area contributed by atoms with Crippen LogP contribution < -0.4 is 15.5 Å². The van der Waals surface area contributed by atoms with E-state index >= 15 is 0 Å². The van der Waals surface area contributed by atoms with Crippen molar-refractivity contribution in [3.63, 3.8) is 0 Å². The molecule has 0 unspecified atom stereocenters. The highest BCUT2D eigenvalue weighted by Gasteiger charge is 2.55. The highest BCUT2D eigenvalue weighted by Crippen LogP contribution is 2.37. The number of likely N-dealkylation sites (tertiary alicyclic amines) is 1. The number of urea groups is 1. The maximum atomic E-state index is 13.1. The summed E-state index contributed by atoms with van der Waals surface area (Å²) in [5.74, 6) is 0.165. The van der Waals surface area contributed by atoms with Crippen molar-refractivity contribution in [1.29, 1.82) is 0 Å². The van der Waals surface area contributed by atoms with Gasteiger partial charge in [-0.15, -0.1) is 0 Å². The molecule has 1 aromatic carbocycles. The summed E-state index contributed by atoms with van der Waals surface area (Å²) in [6.45, 7) is 4.04. The number of para-hydroxylation sites is 1. The average Bonchev–Trinajstić information content (AvgIpc) is 2.96. The molecule has 2 heterocycles. The molecule has 0 radical (unpaired) electrons. The highest BCUT2D eigenvalue weighted by molar-refractivity contribution is 6.07. The number of anilines is 1. The number of rotatable bonds is 4. The summed E-state index contributed by atoms with van der Waals surface area (Å²) in [6, 6.07) is 9.25. The van der Waals surface area contributed by atoms with Crippen molar-refractivity contribution in [3.8, 4) is 0 Å². The molecule has 3 N–H and O–H groups in total. The number of hydrogen-bond acceptors (Lipinski definition) is 3. The number of benzene rings is 1. The van der Waals surface area contributed by atoms with Crippen molar-refractivity contribution >= 4 is 23.5 Å². The lowest BCUT2D eigenvalue weighted by molar-refractivity contribution is -0.912. The molecule has 2 aliphatic heterocycles. The molecule has 4 rings (SSSR count). The molecule has 1 aromatic rings. The molecule has 3 fully saturated rings. The van der Waals surface area contributed by atoms with Gasteiger partial charge in [-0.05, 0) is 30.9 Å². The second kappa shape index (κ2) is 8.14. The minimum Gasteiger partial charge on any atom is -0.326 e. The van der Waals surface area contributed by atoms with Crippen molar-refractivity contribution in [2.24, 2.45) is 11.8 Å². The summed E-state index contributed by atoms with van der Waals surface area (Å²) in [6.07, 6.45) is 5.36. The van der Waals surface area contributed by atoms with Crippen molar-refractivity contribution < 1.29 is 19.3 Å². The number of quaternary nitrogens is 1. The lowest BCUT2D eigenvalue weighted by Gasteiger charge is -2.37. The fraction of sp³-hybridized carbons (Fsp3) is 0.591. The van der Waals surface area contributed by atoms with Crippen LogP contribution in [0.15, 0.2) is 30.3 Å². The zero-order chi connectivity index (χ0) is 20.4. The Bertz CT molecular complexity index is 776. The number of nitrogens with one attached hydrogen (secondary N) is 3. The van der Waals surface area contributed by atoms with Crippen LogP contribution in [0.1, 0.15) is 45.4 Å². The molecule has 156 valence electrons. The summed E-state index contributed by atoms with van der Waals surface area (Å²) in [5.41, 5.74) is 0.126. The van der Waals surface area contributed by atoms with Crippen LogP contribution in [0, 0.1) is 11.8 Å². The largest absolute Gasteiger partial charge is 0.329 e. The van der Waals surface area contributed by atoms with Gasteiger partial charge in [-0.1, -0.05) is 38.0 Å². The van der Waals surface area contributed by atoms with Gasteiger partial charge in [0.25, 0.3) is 5.91 Å². The molecule has 29 heavy (non-hydrogen) atoms. The van der Waals surface area contributed by atoms with Gasteiger partial charge in [-0.25, -0.2) is 9.69 Å². The molecule has 1 aliphatic carbocycles. The Kier molecular flexibility index (Phi) is 5.58. The van der Waals surface area contributed by atoms with E-state index in [1.165, 1.54) is 9.80 Å². The third kappa shape index (κ3) is 3.88. The van der Waals surface area contributed by atoms with E-state index in [2.05, 4.69) is 17.6 Å². The van der Waals surface area contributed by atoms with Crippen LogP contribution >= 0.6 is 0 Å². The van der Waals surface area contributed by atoms with Crippen LogP contribution in [0.2, 0.25) is 0 Å². The third-order valence-corrected chi connectivity index (χ3v) is 6.99. The first-order chi connectivity index (χ1) is 14.0. The monoisotopic (exact) mass is 399 g/mol. The quantitative estimate of drug-likeness (QED) is 0.669. The maximum Gasteiger partial charge on any atom is 0.329 e. The fourth-order valence-electron chi connectivity index (χ4n) is 5.07. The first kappa shape index (κ1) is 19.9. The Hall–Kier alpha value is -2.41. The van der Waals surface area contributed by atoms with Crippen LogP contribution in [0.5, 0.6) is 0 Å². The van der Waals surface area contributed by atoms with Gasteiger partial charge in [-0.2, -0.15) is 0 Å². The summed E-state index contributed by atoms with van der Waals surface area (Å²) < 4.78 is 0. The number of nitrogens with zero attached hydrogens (tertiary/aromatic N) is 1. The molecule has 3 aliphatic rings. The second-order valence-corrected chi connectivity index (χ2v) is 8.82. The van der Waals surface area contributed by atoms with E-state index in [1.807, 2.05) is 30.3 Å². The standard InChI is InChI=1S/C22H30N4O3/c1-16-7-5-6-12-22(16)20(28)26(21(29)24-22)15-25-13-10-17(11-14-25)19(27)23-18-8-3-2-4-9-18/h2-4,8-9,16-17H,5-7,10-15H2,1H3,(H,23,27)(H,24,29)/p+1/t16-,22+/m1/s1. The van der Waals surface area contributed by atoms with E-state index in [1.54, 1.807) is 0 Å². The lowest BCUT2D eigenvalue weighted by atomic mass is 9.73. The van der Waals surface area contributed by atoms with Gasteiger partial charge in [0, 0.05) is 24.4 Å². The molecule has 7 nitrogen and oxygen atoms in total. The summed E-state index contributed by atoms with van der Waals surface area (Å²) in [7, 11) is 0. The number of carbonyl (C=O) groups is 3. The van der Waals surface area contributed by atoms with Gasteiger partial charge in [0.05, 0.1) is 13.1 Å². The molecule has 1 spiro atoms. The number of imide groups is 1. The molecule has 4 amide bonds. The molecule has 2 atom stereocenters. The number of piperidine rings is 1. The Morgan fingerprint density at radius 2 is 1.90 bits per heavy atom. The summed E-state index contributed by atoms with van der Waals surface area (Å²) >= 11 is 0. The van der Waals surface area contributed by atoms with Crippen LogP contribution in [0.25, 0.3) is 0 Å². The van der Waals surface area contributed by atoms with E-state index in [4.69, 9.17) is 0 Å². The Labute approximate surface area is 171 Å². The SMILES string of the molecule is C[C@@H]1CCCC[C@]12NC(=O)N(C[NH+]1CCC(C(=O)Nc3ccccc3)CC1)C2=O. The third-order valence-electron chi connectivity index (χ3n) is 6.99. The van der Waals surface area contributed by atoms with Gasteiger partial charge in [-0.3, -0.25) is 9.59 Å². The van der Waals surface area contributed by atoms with Crippen molar-refractivity contribution in [1.82, 2.24) is 10.2 Å². The topological polar surface area (TPSA) is 82.9 Å². The van der Waals surface area contributed by atoms with Crippen molar-refractivity contribution in [2.75, 3.05) is 25.1 Å². The van der Waals surface area contributed by atoms with Crippen LogP contribution in [-0.4, -0.2) is 48.0 Å². The Balaban J connectivity index is 1.31. The van der Waals surface area contributed by atoms with Crippen LogP contribution in [0.3, 0.4) is 0 Å². The van der Waals surface area contributed by atoms with Crippen LogP contribution in [-0.2, 0) is 9.59 Å². The van der Waals surface area contributed by atoms with Crippen molar-refractivity contribution in [3.05, 3.63) is 30.3 Å². The van der Waals surface area contributed by atoms with E-state index < -0.39 is 5.54 Å². The van der Waals surface area contributed by atoms with Crippen LogP contribution in [0.4, 0.5) is 10.5 Å². The average molecular weight is 400 g/mol. The van der Waals surface area contributed by atoms with E-state index in [0.29, 0.717) is 6.67 Å². The van der Waals surface area contributed by atoms with Gasteiger partial charge in [0.1, 0.15) is 5.54 Å². The van der Waals surface area contributed by atoms with E-state index in [0.717, 1.165) is 57.3 Å². The molecule has 2 saturated heterocycles. The Morgan fingerprint density at radius 1 is 1.17 bits per heavy atom. The molecule has 7 heteroatoms. The van der Waals surface area contributed by atoms with Gasteiger partial charge in [0.2, 0.25) is 5.91 Å². The second-order valence-electron chi connectivity index (χ2n) is 8.82. The number of amides is 4. The zero-order valence-electron chi connectivity index (χ0n) is 17.1. The summed E-state index contributed by atoms with van der Waals surface area (Å²) in [4.78, 5) is 40.8. The van der Waals surface area contributed by atoms with E-state index in [-0.39, 0.29) is 29.7 Å². The predicted octanol–water partition coefficient (Wildman–Crippen LogP) is 1.38. The van der Waals surface area contributed by atoms with Gasteiger partial charge >= 0.3 is 6.03 Å². The first-order valence-electron chi connectivity index (χ1n) is 10.8. The fourth-order valence-corrected chi connectivity index (χ4v) is 5.07. The van der Waals surface area contributed by atoms with Gasteiger partial charge < -0.3 is 15.5 Å². The molecule has 0 bridgehead atoms. The molecule has 0 aromatic heterocycles. The predicted molar refractivity (Wildman–Crippen MR) is 109 cm³/mol. The highest BCUT2D eigenvalue weighted by atomic mass is 16.2. The maximum absolute atomic E-state index is 13.1. The van der Waals surface area contributed by atoms with Crippen molar-refractivity contribution in [2.45, 2.75) is 51.0 Å². The molecular formula is C22H31N4O3+. The van der Waals surface area contributed by atoms with Gasteiger partial charge in [0.15, 0.2) is 6.67 Å². The number of carbonyl (C=O) groups excluding carboxylic acids is 3. The molecular weight excluding hydrogens is 368 g/mol. The van der Waals surface area contributed by atoms with E-state index in [9.17, 15) is 14.4 Å². The zero-order valence-corrected chi connectivity index (χ0v) is 17.1. The number of hydrogen-bond donors (Lipinski definition) is 3. The smallest absolute Gasteiger partial charge is 0.326 e.